The van der Waals surface area contributed by atoms with Gasteiger partial charge in [-0.2, -0.15) is 0 Å². The maximum atomic E-state index is 11.6. The van der Waals surface area contributed by atoms with Crippen LogP contribution in [0.3, 0.4) is 0 Å². The quantitative estimate of drug-likeness (QED) is 0.721. The molecule has 2 rings (SSSR count). The fourth-order valence-corrected chi connectivity index (χ4v) is 3.01. The molecule has 0 aliphatic heterocycles. The summed E-state index contributed by atoms with van der Waals surface area (Å²) in [4.78, 5) is 12.5. The van der Waals surface area contributed by atoms with E-state index in [1.165, 1.54) is 0 Å². The van der Waals surface area contributed by atoms with Crippen LogP contribution >= 0.6 is 11.3 Å². The summed E-state index contributed by atoms with van der Waals surface area (Å²) in [5, 5.41) is 17.4. The number of fused-ring (bicyclic) bond motifs is 1. The number of thiophene rings is 1. The minimum absolute atomic E-state index is 0.00413. The summed E-state index contributed by atoms with van der Waals surface area (Å²) in [5.41, 5.74) is 1.04. The summed E-state index contributed by atoms with van der Waals surface area (Å²) in [6.07, 6.45) is 2.73. The molecule has 1 aromatic heterocycles. The van der Waals surface area contributed by atoms with Crippen LogP contribution < -0.4 is 10.6 Å². The molecule has 4 nitrogen and oxygen atoms in total. The molecule has 2 unspecified atom stereocenters. The van der Waals surface area contributed by atoms with Gasteiger partial charge in [0.2, 0.25) is 0 Å². The van der Waals surface area contributed by atoms with Crippen molar-refractivity contribution >= 4 is 17.4 Å². The summed E-state index contributed by atoms with van der Waals surface area (Å²) in [7, 11) is 0. The van der Waals surface area contributed by atoms with E-state index in [1.54, 1.807) is 17.4 Å². The molecule has 0 spiro atoms. The molecule has 5 heteroatoms. The number of hydrogen-bond donors (Lipinski definition) is 3. The van der Waals surface area contributed by atoms with Crippen LogP contribution in [0.15, 0.2) is 24.1 Å². The van der Waals surface area contributed by atoms with Crippen LogP contribution in [-0.4, -0.2) is 17.7 Å². The molecule has 0 saturated heterocycles. The predicted molar refractivity (Wildman–Crippen MR) is 68.0 cm³/mol. The van der Waals surface area contributed by atoms with Crippen molar-refractivity contribution in [3.8, 4) is 0 Å². The van der Waals surface area contributed by atoms with Crippen molar-refractivity contribution in [2.45, 2.75) is 25.0 Å². The lowest BCUT2D eigenvalue weighted by Gasteiger charge is -2.26. The summed E-state index contributed by atoms with van der Waals surface area (Å²) in [6, 6.07) is 1.79. The maximum absolute atomic E-state index is 11.6. The van der Waals surface area contributed by atoms with Gasteiger partial charge in [-0.25, -0.2) is 4.79 Å². The van der Waals surface area contributed by atoms with Crippen LogP contribution in [0.5, 0.6) is 0 Å². The molecule has 17 heavy (non-hydrogen) atoms. The van der Waals surface area contributed by atoms with Gasteiger partial charge < -0.3 is 15.7 Å². The summed E-state index contributed by atoms with van der Waals surface area (Å²) in [6.45, 7) is 4.00. The largest absolute Gasteiger partial charge is 0.388 e. The van der Waals surface area contributed by atoms with Gasteiger partial charge in [0.15, 0.2) is 0 Å². The average Bonchev–Trinajstić information content (AvgIpc) is 2.80. The first-order valence-corrected chi connectivity index (χ1v) is 6.51. The van der Waals surface area contributed by atoms with Gasteiger partial charge in [-0.05, 0) is 29.9 Å². The molecule has 2 amide bonds. The minimum atomic E-state index is -0.376. The van der Waals surface area contributed by atoms with Gasteiger partial charge >= 0.3 is 6.03 Å². The molecule has 0 radical (unpaired) electrons. The molecule has 0 fully saturated rings. The third-order valence-corrected chi connectivity index (χ3v) is 3.88. The second-order valence-corrected chi connectivity index (χ2v) is 4.98. The van der Waals surface area contributed by atoms with E-state index >= 15 is 0 Å². The number of nitrogens with one attached hydrogen (secondary N) is 2. The topological polar surface area (TPSA) is 61.4 Å². The van der Waals surface area contributed by atoms with Gasteiger partial charge in [0.1, 0.15) is 0 Å². The zero-order valence-corrected chi connectivity index (χ0v) is 10.3. The van der Waals surface area contributed by atoms with Gasteiger partial charge in [-0.15, -0.1) is 17.9 Å². The predicted octanol–water partition coefficient (Wildman–Crippen LogP) is 2.10. The Bertz CT molecular complexity index is 416. The lowest BCUT2D eigenvalue weighted by molar-refractivity contribution is 0.151. The first-order valence-electron chi connectivity index (χ1n) is 5.63. The van der Waals surface area contributed by atoms with E-state index < -0.39 is 0 Å². The number of aliphatic hydroxyl groups is 1. The molecular formula is C12H16N2O2S. The number of aliphatic hydroxyl groups excluding tert-OH is 1. The van der Waals surface area contributed by atoms with Crippen molar-refractivity contribution in [3.63, 3.8) is 0 Å². The zero-order chi connectivity index (χ0) is 12.3. The molecule has 1 aromatic rings. The number of carbonyl (C=O) groups excluding carboxylic acids is 1. The van der Waals surface area contributed by atoms with Crippen LogP contribution in [0, 0.1) is 0 Å². The number of urea groups is 1. The Morgan fingerprint density at radius 1 is 1.65 bits per heavy atom. The Morgan fingerprint density at radius 2 is 2.47 bits per heavy atom. The molecule has 3 N–H and O–H groups in total. The third kappa shape index (κ3) is 2.68. The van der Waals surface area contributed by atoms with Crippen LogP contribution in [-0.2, 0) is 0 Å². The minimum Gasteiger partial charge on any atom is -0.388 e. The Kier molecular flexibility index (Phi) is 3.81. The fourth-order valence-electron chi connectivity index (χ4n) is 2.02. The molecule has 1 aliphatic carbocycles. The van der Waals surface area contributed by atoms with Crippen molar-refractivity contribution in [2.75, 3.05) is 6.54 Å². The first-order chi connectivity index (χ1) is 8.22. The van der Waals surface area contributed by atoms with Crippen molar-refractivity contribution in [1.29, 1.82) is 0 Å². The maximum Gasteiger partial charge on any atom is 0.315 e. The highest BCUT2D eigenvalue weighted by Gasteiger charge is 2.27. The standard InChI is InChI=1S/C12H16N2O2S/c1-2-6-13-12(16)14-9-3-4-10(15)11-8(9)5-7-17-11/h2,5,7,9-10,15H,1,3-4,6H2,(H2,13,14,16). The third-order valence-electron chi connectivity index (χ3n) is 2.85. The average molecular weight is 252 g/mol. The molecule has 0 bridgehead atoms. The number of carbonyl (C=O) groups is 1. The number of amides is 2. The first kappa shape index (κ1) is 12.1. The van der Waals surface area contributed by atoms with Gasteiger partial charge in [0.05, 0.1) is 12.1 Å². The highest BCUT2D eigenvalue weighted by atomic mass is 32.1. The van der Waals surface area contributed by atoms with Crippen molar-refractivity contribution in [2.24, 2.45) is 0 Å². The SMILES string of the molecule is C=CCNC(=O)NC1CCC(O)c2sccc21. The van der Waals surface area contributed by atoms with E-state index in [1.807, 2.05) is 11.4 Å². The summed E-state index contributed by atoms with van der Waals surface area (Å²) >= 11 is 1.54. The van der Waals surface area contributed by atoms with E-state index in [0.29, 0.717) is 13.0 Å². The van der Waals surface area contributed by atoms with Crippen LogP contribution in [0.2, 0.25) is 0 Å². The second-order valence-electron chi connectivity index (χ2n) is 4.03. The molecule has 92 valence electrons. The number of hydrogen-bond acceptors (Lipinski definition) is 3. The van der Waals surface area contributed by atoms with Gasteiger partial charge in [0.25, 0.3) is 0 Å². The molecule has 0 saturated carbocycles. The second kappa shape index (κ2) is 5.33. The Balaban J connectivity index is 2.02. The lowest BCUT2D eigenvalue weighted by Crippen LogP contribution is -2.39. The zero-order valence-electron chi connectivity index (χ0n) is 9.48. The van der Waals surface area contributed by atoms with Gasteiger partial charge in [-0.1, -0.05) is 6.08 Å². The highest BCUT2D eigenvalue weighted by molar-refractivity contribution is 7.10. The van der Waals surface area contributed by atoms with E-state index in [-0.39, 0.29) is 18.2 Å². The molecular weight excluding hydrogens is 236 g/mol. The normalized spacial score (nSPS) is 22.6. The fraction of sp³-hybridized carbons (Fsp3) is 0.417. The van der Waals surface area contributed by atoms with E-state index in [2.05, 4.69) is 17.2 Å². The van der Waals surface area contributed by atoms with Crippen LogP contribution in [0.4, 0.5) is 4.79 Å². The number of rotatable bonds is 3. The Morgan fingerprint density at radius 3 is 3.24 bits per heavy atom. The molecule has 2 atom stereocenters. The van der Waals surface area contributed by atoms with Crippen LogP contribution in [0.25, 0.3) is 0 Å². The summed E-state index contributed by atoms with van der Waals surface area (Å²) in [5.74, 6) is 0. The molecule has 0 aromatic carbocycles. The van der Waals surface area contributed by atoms with E-state index in [9.17, 15) is 9.90 Å². The van der Waals surface area contributed by atoms with Crippen molar-refractivity contribution in [3.05, 3.63) is 34.5 Å². The molecule has 1 aliphatic rings. The van der Waals surface area contributed by atoms with Crippen molar-refractivity contribution < 1.29 is 9.90 Å². The van der Waals surface area contributed by atoms with E-state index in [0.717, 1.165) is 16.9 Å². The lowest BCUT2D eigenvalue weighted by atomic mass is 9.92. The highest BCUT2D eigenvalue weighted by Crippen LogP contribution is 2.39. The van der Waals surface area contributed by atoms with Gasteiger partial charge in [0, 0.05) is 11.4 Å². The smallest absolute Gasteiger partial charge is 0.315 e. The Labute approximate surface area is 104 Å². The van der Waals surface area contributed by atoms with Crippen LogP contribution in [0.1, 0.15) is 35.4 Å². The monoisotopic (exact) mass is 252 g/mol. The van der Waals surface area contributed by atoms with Crippen molar-refractivity contribution in [1.82, 2.24) is 10.6 Å². The van der Waals surface area contributed by atoms with Gasteiger partial charge in [-0.3, -0.25) is 0 Å². The summed E-state index contributed by atoms with van der Waals surface area (Å²) < 4.78 is 0. The molecule has 1 heterocycles. The Hall–Kier alpha value is -1.33. The van der Waals surface area contributed by atoms with E-state index in [4.69, 9.17) is 0 Å².